The van der Waals surface area contributed by atoms with Gasteiger partial charge in [-0.2, -0.15) is 0 Å². The highest BCUT2D eigenvalue weighted by Crippen LogP contribution is 2.14. The van der Waals surface area contributed by atoms with Crippen molar-refractivity contribution in [3.05, 3.63) is 12.2 Å². The molecular formula is C18H32O4. The number of esters is 1. The van der Waals surface area contributed by atoms with Crippen LogP contribution in [0.1, 0.15) is 77.6 Å². The number of unbranched alkanes of at least 4 members (excludes halogenated alkanes) is 8. The van der Waals surface area contributed by atoms with Gasteiger partial charge in [0.15, 0.2) is 5.92 Å². The molecule has 0 bridgehead atoms. The Bertz CT molecular complexity index is 323. The van der Waals surface area contributed by atoms with Crippen molar-refractivity contribution in [3.8, 4) is 0 Å². The van der Waals surface area contributed by atoms with Crippen molar-refractivity contribution in [3.63, 3.8) is 0 Å². The number of carboxylic acids is 1. The lowest BCUT2D eigenvalue weighted by Crippen LogP contribution is -2.24. The summed E-state index contributed by atoms with van der Waals surface area (Å²) >= 11 is 0. The molecule has 4 nitrogen and oxygen atoms in total. The second kappa shape index (κ2) is 14.6. The van der Waals surface area contributed by atoms with Gasteiger partial charge in [-0.1, -0.05) is 57.6 Å². The monoisotopic (exact) mass is 312 g/mol. The van der Waals surface area contributed by atoms with Gasteiger partial charge in [0.25, 0.3) is 0 Å². The molecule has 1 unspecified atom stereocenters. The predicted octanol–water partition coefficient (Wildman–Crippen LogP) is 4.73. The summed E-state index contributed by atoms with van der Waals surface area (Å²) in [5.74, 6) is -2.73. The van der Waals surface area contributed by atoms with Crippen molar-refractivity contribution in [2.24, 2.45) is 5.92 Å². The van der Waals surface area contributed by atoms with Crippen molar-refractivity contribution < 1.29 is 19.4 Å². The number of hydrogen-bond acceptors (Lipinski definition) is 3. The quantitative estimate of drug-likeness (QED) is 0.218. The molecule has 0 saturated heterocycles. The third kappa shape index (κ3) is 11.4. The average Bonchev–Trinajstić information content (AvgIpc) is 2.51. The second-order valence-electron chi connectivity index (χ2n) is 5.73. The van der Waals surface area contributed by atoms with Gasteiger partial charge >= 0.3 is 11.9 Å². The van der Waals surface area contributed by atoms with Gasteiger partial charge in [0.2, 0.25) is 0 Å². The molecule has 22 heavy (non-hydrogen) atoms. The first-order chi connectivity index (χ1) is 10.6. The molecule has 0 radical (unpaired) electrons. The number of aliphatic carboxylic acids is 1. The summed E-state index contributed by atoms with van der Waals surface area (Å²) < 4.78 is 4.50. The number of rotatable bonds is 14. The van der Waals surface area contributed by atoms with Crippen LogP contribution in [0.4, 0.5) is 0 Å². The van der Waals surface area contributed by atoms with E-state index in [1.54, 1.807) is 0 Å². The van der Waals surface area contributed by atoms with Crippen molar-refractivity contribution in [1.82, 2.24) is 0 Å². The largest absolute Gasteiger partial charge is 0.481 e. The summed E-state index contributed by atoms with van der Waals surface area (Å²) in [5.41, 5.74) is 0. The molecule has 0 fully saturated rings. The van der Waals surface area contributed by atoms with E-state index in [4.69, 9.17) is 5.11 Å². The third-order valence-electron chi connectivity index (χ3n) is 3.79. The molecule has 0 aromatic carbocycles. The highest BCUT2D eigenvalue weighted by atomic mass is 16.5. The van der Waals surface area contributed by atoms with E-state index >= 15 is 0 Å². The zero-order valence-corrected chi connectivity index (χ0v) is 14.2. The number of carboxylic acid groups (broad SMARTS) is 1. The Morgan fingerprint density at radius 1 is 0.955 bits per heavy atom. The molecule has 128 valence electrons. The van der Waals surface area contributed by atoms with Gasteiger partial charge in [0, 0.05) is 0 Å². The van der Waals surface area contributed by atoms with E-state index in [1.807, 2.05) is 0 Å². The fraction of sp³-hybridized carbons (Fsp3) is 0.778. The van der Waals surface area contributed by atoms with Crippen LogP contribution in [-0.2, 0) is 14.3 Å². The summed E-state index contributed by atoms with van der Waals surface area (Å²) in [5, 5.41) is 8.94. The van der Waals surface area contributed by atoms with Crippen LogP contribution in [0.2, 0.25) is 0 Å². The lowest BCUT2D eigenvalue weighted by Gasteiger charge is -2.09. The summed E-state index contributed by atoms with van der Waals surface area (Å²) in [7, 11) is 1.23. The maximum absolute atomic E-state index is 11.3. The molecule has 0 aromatic rings. The minimum atomic E-state index is -1.09. The Morgan fingerprint density at radius 3 is 2.00 bits per heavy atom. The van der Waals surface area contributed by atoms with Crippen LogP contribution in [0.25, 0.3) is 0 Å². The smallest absolute Gasteiger partial charge is 0.320 e. The Hall–Kier alpha value is -1.32. The van der Waals surface area contributed by atoms with Gasteiger partial charge in [-0.3, -0.25) is 9.59 Å². The van der Waals surface area contributed by atoms with Crippen molar-refractivity contribution in [1.29, 1.82) is 0 Å². The van der Waals surface area contributed by atoms with Crippen molar-refractivity contribution in [2.75, 3.05) is 7.11 Å². The number of allylic oxidation sites excluding steroid dienone is 2. The molecule has 4 heteroatoms. The highest BCUT2D eigenvalue weighted by molar-refractivity contribution is 5.93. The number of carbonyl (C=O) groups excluding carboxylic acids is 1. The molecule has 0 aliphatic carbocycles. The van der Waals surface area contributed by atoms with Crippen LogP contribution in [0.3, 0.4) is 0 Å². The molecule has 0 aliphatic rings. The Balaban J connectivity index is 3.51. The first-order valence-corrected chi connectivity index (χ1v) is 8.59. The zero-order chi connectivity index (χ0) is 16.6. The van der Waals surface area contributed by atoms with E-state index < -0.39 is 17.9 Å². The van der Waals surface area contributed by atoms with Gasteiger partial charge in [0.05, 0.1) is 7.11 Å². The van der Waals surface area contributed by atoms with E-state index in [2.05, 4.69) is 23.8 Å². The first-order valence-electron chi connectivity index (χ1n) is 8.59. The number of methoxy groups -OCH3 is 1. The number of hydrogen-bond donors (Lipinski definition) is 1. The van der Waals surface area contributed by atoms with Gasteiger partial charge in [0.1, 0.15) is 0 Å². The lowest BCUT2D eigenvalue weighted by atomic mass is 10.0. The van der Waals surface area contributed by atoms with Crippen LogP contribution in [0.5, 0.6) is 0 Å². The standard InChI is InChI=1S/C18H32O4/c1-3-4-5-6-7-8-9-10-11-12-13-14-15-16(17(19)20)18(21)22-2/h8-9,16H,3-7,10-15H2,1-2H3,(H,19,20)/b9-8+. The van der Waals surface area contributed by atoms with Crippen LogP contribution in [0.15, 0.2) is 12.2 Å². The first kappa shape index (κ1) is 20.7. The molecule has 0 aromatic heterocycles. The molecule has 0 heterocycles. The van der Waals surface area contributed by atoms with Gasteiger partial charge in [-0.15, -0.1) is 0 Å². The molecule has 0 rings (SSSR count). The topological polar surface area (TPSA) is 63.6 Å². The fourth-order valence-corrected chi connectivity index (χ4v) is 2.37. The van der Waals surface area contributed by atoms with Crippen LogP contribution in [0, 0.1) is 5.92 Å². The minimum Gasteiger partial charge on any atom is -0.481 e. The van der Waals surface area contributed by atoms with E-state index in [-0.39, 0.29) is 0 Å². The summed E-state index contributed by atoms with van der Waals surface area (Å²) in [4.78, 5) is 22.2. The van der Waals surface area contributed by atoms with E-state index in [1.165, 1.54) is 39.2 Å². The normalized spacial score (nSPS) is 12.5. The third-order valence-corrected chi connectivity index (χ3v) is 3.79. The van der Waals surface area contributed by atoms with E-state index in [0.717, 1.165) is 32.1 Å². The van der Waals surface area contributed by atoms with Crippen LogP contribution >= 0.6 is 0 Å². The summed E-state index contributed by atoms with van der Waals surface area (Å²) in [6.45, 7) is 2.22. The maximum Gasteiger partial charge on any atom is 0.320 e. The highest BCUT2D eigenvalue weighted by Gasteiger charge is 2.26. The molecule has 1 atom stereocenters. The average molecular weight is 312 g/mol. The molecule has 1 N–H and O–H groups in total. The molecule has 0 spiro atoms. The maximum atomic E-state index is 11.3. The number of ether oxygens (including phenoxy) is 1. The van der Waals surface area contributed by atoms with Crippen molar-refractivity contribution in [2.45, 2.75) is 77.6 Å². The van der Waals surface area contributed by atoms with Gasteiger partial charge in [-0.25, -0.2) is 0 Å². The zero-order valence-electron chi connectivity index (χ0n) is 14.2. The van der Waals surface area contributed by atoms with Crippen LogP contribution in [-0.4, -0.2) is 24.2 Å². The van der Waals surface area contributed by atoms with E-state index in [0.29, 0.717) is 6.42 Å². The SMILES string of the molecule is CCCCCC/C=C/CCCCCCC(C(=O)O)C(=O)OC. The molecule has 0 aliphatic heterocycles. The van der Waals surface area contributed by atoms with E-state index in [9.17, 15) is 9.59 Å². The summed E-state index contributed by atoms with van der Waals surface area (Å²) in [6, 6.07) is 0. The predicted molar refractivity (Wildman–Crippen MR) is 88.7 cm³/mol. The molecular weight excluding hydrogens is 280 g/mol. The van der Waals surface area contributed by atoms with Crippen LogP contribution < -0.4 is 0 Å². The molecule has 0 saturated carbocycles. The lowest BCUT2D eigenvalue weighted by molar-refractivity contribution is -0.157. The molecule has 0 amide bonds. The second-order valence-corrected chi connectivity index (χ2v) is 5.73. The Labute approximate surface area is 134 Å². The minimum absolute atomic E-state index is 0.370. The van der Waals surface area contributed by atoms with Crippen molar-refractivity contribution >= 4 is 11.9 Å². The fourth-order valence-electron chi connectivity index (χ4n) is 2.37. The Morgan fingerprint density at radius 2 is 1.50 bits per heavy atom. The summed E-state index contributed by atoms with van der Waals surface area (Å²) in [6.07, 6.45) is 16.3. The Kier molecular flexibility index (Phi) is 13.7. The van der Waals surface area contributed by atoms with Gasteiger partial charge < -0.3 is 9.84 Å². The van der Waals surface area contributed by atoms with Gasteiger partial charge in [-0.05, 0) is 32.1 Å². The number of carbonyl (C=O) groups is 2.